The number of aliphatic hydroxyl groups excluding tert-OH is 6. The Morgan fingerprint density at radius 2 is 1.61 bits per heavy atom. The number of amides is 1. The van der Waals surface area contributed by atoms with Gasteiger partial charge in [0.2, 0.25) is 5.91 Å². The third-order valence-corrected chi connectivity index (χ3v) is 7.01. The van der Waals surface area contributed by atoms with Crippen molar-refractivity contribution in [2.75, 3.05) is 26.2 Å². The number of hydrogen-bond donors (Lipinski definition) is 10. The second-order valence-corrected chi connectivity index (χ2v) is 9.62. The highest BCUT2D eigenvalue weighted by Crippen LogP contribution is 2.31. The lowest BCUT2D eigenvalue weighted by Crippen LogP contribution is -2.67. The molecule has 0 aromatic carbocycles. The number of rotatable bonds is 9. The highest BCUT2D eigenvalue weighted by atomic mass is 16.7. The average Bonchev–Trinajstić information content (AvgIpc) is 2.88. The second-order valence-electron chi connectivity index (χ2n) is 9.62. The summed E-state index contributed by atoms with van der Waals surface area (Å²) < 4.78 is 22.5. The summed E-state index contributed by atoms with van der Waals surface area (Å²) in [5.74, 6) is -1.41. The fourth-order valence-electron chi connectivity index (χ4n) is 4.77. The summed E-state index contributed by atoms with van der Waals surface area (Å²) in [5.41, 5.74) is 26.2. The zero-order chi connectivity index (χ0) is 28.1. The molecule has 3 rings (SSSR count). The fourth-order valence-corrected chi connectivity index (χ4v) is 4.77. The fraction of sp³-hybridized carbons (Fsp3) is 0.950. The molecule has 218 valence electrons. The molecule has 3 aliphatic rings. The predicted molar refractivity (Wildman–Crippen MR) is 124 cm³/mol. The largest absolute Gasteiger partial charge is 0.390 e. The van der Waals surface area contributed by atoms with E-state index in [0.29, 0.717) is 0 Å². The number of hydrogen-bond acceptors (Lipinski definition) is 15. The van der Waals surface area contributed by atoms with E-state index in [1.165, 1.54) is 0 Å². The third-order valence-electron chi connectivity index (χ3n) is 7.01. The van der Waals surface area contributed by atoms with Crippen molar-refractivity contribution in [2.45, 2.75) is 86.0 Å². The minimum absolute atomic E-state index is 0.0420. The molecule has 1 saturated carbocycles. The first-order chi connectivity index (χ1) is 18.0. The Bertz CT molecular complexity index is 839. The van der Waals surface area contributed by atoms with Crippen LogP contribution in [-0.2, 0) is 23.7 Å². The van der Waals surface area contributed by atoms with Crippen LogP contribution in [0.3, 0.4) is 0 Å². The van der Waals surface area contributed by atoms with Gasteiger partial charge in [-0.15, -0.1) is 0 Å². The molecule has 14 atom stereocenters. The zero-order valence-corrected chi connectivity index (χ0v) is 20.4. The molecule has 0 aromatic rings. The molecule has 2 aliphatic heterocycles. The van der Waals surface area contributed by atoms with E-state index in [2.05, 4.69) is 15.3 Å². The van der Waals surface area contributed by atoms with Gasteiger partial charge in [-0.3, -0.25) is 4.79 Å². The Morgan fingerprint density at radius 3 is 2.21 bits per heavy atom. The standard InChI is InChI=1S/C20H37N7O11/c21-2-6-9(28)5-35-19(12(6)30)37-17-7(22)1-8(23)18(16(17)34)38-20-15(33)14(32)13(31)10(36-20)3-25-11(29)4-26-27-24/h6-10,12-20,28,30-34H,1-5,21-23H2,(H,25,29)/t6-,7-,8?,9+,10?,12?,13-,14?,15+,16?,17-,18-,19-,20-/m1/s1. The Hall–Kier alpha value is -1.74. The SMILES string of the molecule is [N-]=[N+]=NCC(=O)NCC1O[C@H](O[C@@H]2C(N)C[C@@H](N)[C@@H](O[C@H]3OC[C@H](O)[C@@H](CN)C3O)C2O)[C@@H](O)C(O)[C@@H]1O. The van der Waals surface area contributed by atoms with E-state index in [-0.39, 0.29) is 26.1 Å². The van der Waals surface area contributed by atoms with Crippen molar-refractivity contribution in [3.8, 4) is 0 Å². The molecule has 1 amide bonds. The molecule has 2 saturated heterocycles. The summed E-state index contributed by atoms with van der Waals surface area (Å²) in [5, 5.41) is 68.0. The molecule has 18 heteroatoms. The third kappa shape index (κ3) is 6.87. The van der Waals surface area contributed by atoms with Crippen molar-refractivity contribution in [2.24, 2.45) is 28.2 Å². The lowest BCUT2D eigenvalue weighted by molar-refractivity contribution is -0.329. The van der Waals surface area contributed by atoms with Crippen LogP contribution < -0.4 is 22.5 Å². The van der Waals surface area contributed by atoms with Crippen molar-refractivity contribution in [3.05, 3.63) is 10.4 Å². The van der Waals surface area contributed by atoms with Gasteiger partial charge in [0.15, 0.2) is 12.6 Å². The maximum atomic E-state index is 11.7. The quantitative estimate of drug-likeness (QED) is 0.0724. The Labute approximate surface area is 217 Å². The van der Waals surface area contributed by atoms with Crippen LogP contribution >= 0.6 is 0 Å². The summed E-state index contributed by atoms with van der Waals surface area (Å²) >= 11 is 0. The molecular formula is C20H37N7O11. The predicted octanol–water partition coefficient (Wildman–Crippen LogP) is -5.94. The lowest BCUT2D eigenvalue weighted by atomic mass is 9.84. The molecule has 38 heavy (non-hydrogen) atoms. The number of ether oxygens (including phenoxy) is 4. The average molecular weight is 552 g/mol. The molecule has 1 aliphatic carbocycles. The number of nitrogens with one attached hydrogen (secondary N) is 1. The van der Waals surface area contributed by atoms with Gasteiger partial charge in [0.05, 0.1) is 12.7 Å². The van der Waals surface area contributed by atoms with Gasteiger partial charge in [0, 0.05) is 36.0 Å². The highest BCUT2D eigenvalue weighted by Gasteiger charge is 2.51. The van der Waals surface area contributed by atoms with Crippen LogP contribution in [0.5, 0.6) is 0 Å². The van der Waals surface area contributed by atoms with Crippen molar-refractivity contribution in [1.29, 1.82) is 0 Å². The van der Waals surface area contributed by atoms with Crippen LogP contribution in [0, 0.1) is 5.92 Å². The first-order valence-corrected chi connectivity index (χ1v) is 12.1. The molecular weight excluding hydrogens is 514 g/mol. The van der Waals surface area contributed by atoms with Gasteiger partial charge >= 0.3 is 0 Å². The molecule has 18 nitrogen and oxygen atoms in total. The normalized spacial score (nSPS) is 45.7. The maximum absolute atomic E-state index is 11.7. The van der Waals surface area contributed by atoms with Gasteiger partial charge in [-0.25, -0.2) is 0 Å². The van der Waals surface area contributed by atoms with Crippen LogP contribution in [0.15, 0.2) is 5.11 Å². The van der Waals surface area contributed by atoms with Gasteiger partial charge < -0.3 is 72.1 Å². The number of aliphatic hydroxyl groups is 6. The van der Waals surface area contributed by atoms with Gasteiger partial charge in [-0.05, 0) is 12.0 Å². The van der Waals surface area contributed by atoms with Gasteiger partial charge in [0.1, 0.15) is 55.4 Å². The molecule has 0 spiro atoms. The van der Waals surface area contributed by atoms with E-state index in [1.54, 1.807) is 0 Å². The number of nitrogens with two attached hydrogens (primary N) is 3. The van der Waals surface area contributed by atoms with E-state index in [4.69, 9.17) is 41.7 Å². The van der Waals surface area contributed by atoms with E-state index in [9.17, 15) is 35.4 Å². The number of carbonyl (C=O) groups excluding carboxylic acids is 1. The number of azide groups is 1. The van der Waals surface area contributed by atoms with E-state index < -0.39 is 98.0 Å². The number of carbonyl (C=O) groups is 1. The highest BCUT2D eigenvalue weighted by molar-refractivity contribution is 5.78. The molecule has 3 fully saturated rings. The smallest absolute Gasteiger partial charge is 0.225 e. The summed E-state index contributed by atoms with van der Waals surface area (Å²) in [6.45, 7) is -1.03. The van der Waals surface area contributed by atoms with Crippen LogP contribution in [0.4, 0.5) is 0 Å². The van der Waals surface area contributed by atoms with Gasteiger partial charge in [-0.2, -0.15) is 0 Å². The Kier molecular flexibility index (Phi) is 11.0. The molecule has 2 heterocycles. The number of nitrogens with zero attached hydrogens (tertiary/aromatic N) is 3. The van der Waals surface area contributed by atoms with Crippen molar-refractivity contribution >= 4 is 5.91 Å². The first-order valence-electron chi connectivity index (χ1n) is 12.1. The van der Waals surface area contributed by atoms with Crippen LogP contribution in [0.1, 0.15) is 6.42 Å². The second kappa shape index (κ2) is 13.6. The zero-order valence-electron chi connectivity index (χ0n) is 20.4. The molecule has 5 unspecified atom stereocenters. The molecule has 0 aromatic heterocycles. The van der Waals surface area contributed by atoms with Gasteiger partial charge in [-0.1, -0.05) is 5.11 Å². The Balaban J connectivity index is 1.68. The minimum atomic E-state index is -1.76. The van der Waals surface area contributed by atoms with Crippen molar-refractivity contribution < 1.29 is 54.4 Å². The summed E-state index contributed by atoms with van der Waals surface area (Å²) in [6, 6.07) is -1.69. The Morgan fingerprint density at radius 1 is 0.974 bits per heavy atom. The maximum Gasteiger partial charge on any atom is 0.225 e. The monoisotopic (exact) mass is 551 g/mol. The van der Waals surface area contributed by atoms with Crippen molar-refractivity contribution in [1.82, 2.24) is 5.32 Å². The van der Waals surface area contributed by atoms with E-state index >= 15 is 0 Å². The molecule has 0 bridgehead atoms. The summed E-state index contributed by atoms with van der Waals surface area (Å²) in [7, 11) is 0. The first kappa shape index (κ1) is 30.8. The van der Waals surface area contributed by atoms with E-state index in [1.807, 2.05) is 0 Å². The van der Waals surface area contributed by atoms with E-state index in [0.717, 1.165) is 0 Å². The summed E-state index contributed by atoms with van der Waals surface area (Å²) in [6.07, 6.45) is -15.4. The van der Waals surface area contributed by atoms with Gasteiger partial charge in [0.25, 0.3) is 0 Å². The van der Waals surface area contributed by atoms with Crippen LogP contribution in [-0.4, -0.2) is 142 Å². The topological polar surface area (TPSA) is 314 Å². The molecule has 13 N–H and O–H groups in total. The lowest BCUT2D eigenvalue weighted by Gasteiger charge is -2.47. The van der Waals surface area contributed by atoms with Crippen LogP contribution in [0.25, 0.3) is 10.4 Å². The molecule has 0 radical (unpaired) electrons. The summed E-state index contributed by atoms with van der Waals surface area (Å²) in [4.78, 5) is 14.2. The van der Waals surface area contributed by atoms with Crippen LogP contribution in [0.2, 0.25) is 0 Å². The minimum Gasteiger partial charge on any atom is -0.390 e. The van der Waals surface area contributed by atoms with Crippen molar-refractivity contribution in [3.63, 3.8) is 0 Å².